The molecule has 0 aliphatic carbocycles. The number of likely N-dealkylation sites (tertiary alicyclic amines) is 1. The zero-order valence-electron chi connectivity index (χ0n) is 14.8. The van der Waals surface area contributed by atoms with Gasteiger partial charge in [0.25, 0.3) is 0 Å². The van der Waals surface area contributed by atoms with Crippen molar-refractivity contribution in [3.63, 3.8) is 0 Å². The number of aryl methyl sites for hydroxylation is 1. The molecule has 1 amide bonds. The van der Waals surface area contributed by atoms with Crippen LogP contribution in [0.1, 0.15) is 52.8 Å². The summed E-state index contributed by atoms with van der Waals surface area (Å²) in [5, 5.41) is 3.54. The summed E-state index contributed by atoms with van der Waals surface area (Å²) in [6.45, 7) is 11.1. The Morgan fingerprint density at radius 2 is 2.26 bits per heavy atom. The highest BCUT2D eigenvalue weighted by molar-refractivity contribution is 5.68. The Morgan fingerprint density at radius 3 is 2.96 bits per heavy atom. The van der Waals surface area contributed by atoms with Crippen LogP contribution in [0.4, 0.5) is 4.79 Å². The van der Waals surface area contributed by atoms with Crippen LogP contribution in [0.25, 0.3) is 0 Å². The van der Waals surface area contributed by atoms with Gasteiger partial charge in [0.2, 0.25) is 0 Å². The van der Waals surface area contributed by atoms with E-state index >= 15 is 0 Å². The number of nitrogens with one attached hydrogen (secondary N) is 1. The van der Waals surface area contributed by atoms with Crippen molar-refractivity contribution in [3.05, 3.63) is 18.2 Å². The van der Waals surface area contributed by atoms with Gasteiger partial charge in [-0.05, 0) is 40.0 Å². The van der Waals surface area contributed by atoms with Gasteiger partial charge in [-0.2, -0.15) is 0 Å². The molecule has 1 aromatic heterocycles. The third-order valence-electron chi connectivity index (χ3n) is 3.89. The van der Waals surface area contributed by atoms with Crippen LogP contribution < -0.4 is 5.32 Å². The molecule has 23 heavy (non-hydrogen) atoms. The van der Waals surface area contributed by atoms with Gasteiger partial charge in [-0.25, -0.2) is 9.78 Å². The van der Waals surface area contributed by atoms with Crippen molar-refractivity contribution in [3.8, 4) is 0 Å². The molecule has 6 heteroatoms. The Kier molecular flexibility index (Phi) is 6.04. The molecule has 1 aromatic rings. The number of hydrogen-bond donors (Lipinski definition) is 1. The molecular formula is C17H30N4O2. The third kappa shape index (κ3) is 5.53. The summed E-state index contributed by atoms with van der Waals surface area (Å²) in [7, 11) is 0. The van der Waals surface area contributed by atoms with Gasteiger partial charge >= 0.3 is 6.09 Å². The van der Waals surface area contributed by atoms with E-state index in [1.165, 1.54) is 0 Å². The van der Waals surface area contributed by atoms with Crippen molar-refractivity contribution in [2.45, 2.75) is 71.7 Å². The predicted molar refractivity (Wildman–Crippen MR) is 90.2 cm³/mol. The maximum Gasteiger partial charge on any atom is 0.410 e. The lowest BCUT2D eigenvalue weighted by Crippen LogP contribution is -2.49. The summed E-state index contributed by atoms with van der Waals surface area (Å²) in [4.78, 5) is 18.4. The van der Waals surface area contributed by atoms with Gasteiger partial charge in [-0.3, -0.25) is 0 Å². The summed E-state index contributed by atoms with van der Waals surface area (Å²) in [5.74, 6) is 1.06. The highest BCUT2D eigenvalue weighted by Gasteiger charge is 2.27. The number of aromatic nitrogens is 2. The lowest BCUT2D eigenvalue weighted by molar-refractivity contribution is 0.0187. The monoisotopic (exact) mass is 322 g/mol. The summed E-state index contributed by atoms with van der Waals surface area (Å²) in [6, 6.07) is 0.294. The van der Waals surface area contributed by atoms with Crippen molar-refractivity contribution < 1.29 is 9.53 Å². The molecule has 1 atom stereocenters. The first-order chi connectivity index (χ1) is 10.9. The van der Waals surface area contributed by atoms with E-state index in [1.807, 2.05) is 38.1 Å². The second-order valence-electron chi connectivity index (χ2n) is 7.18. The average molecular weight is 322 g/mol. The molecule has 2 rings (SSSR count). The number of ether oxygens (including phenoxy) is 1. The zero-order valence-corrected chi connectivity index (χ0v) is 14.8. The topological polar surface area (TPSA) is 59.4 Å². The van der Waals surface area contributed by atoms with E-state index in [1.54, 1.807) is 0 Å². The van der Waals surface area contributed by atoms with Crippen LogP contribution in [0.15, 0.2) is 12.4 Å². The van der Waals surface area contributed by atoms with Crippen LogP contribution in [0.3, 0.4) is 0 Å². The van der Waals surface area contributed by atoms with Gasteiger partial charge in [0, 0.05) is 38.1 Å². The lowest BCUT2D eigenvalue weighted by Gasteiger charge is -2.34. The van der Waals surface area contributed by atoms with Crippen molar-refractivity contribution in [1.82, 2.24) is 19.8 Å². The number of imidazole rings is 1. The Hall–Kier alpha value is -1.56. The number of hydrogen-bond acceptors (Lipinski definition) is 4. The number of carbonyl (C=O) groups excluding carboxylic acids is 1. The SMILES string of the molecule is CCCn1ccnc1CNC1CCCN(C(=O)OC(C)(C)C)C1. The van der Waals surface area contributed by atoms with Crippen LogP contribution >= 0.6 is 0 Å². The van der Waals surface area contributed by atoms with Gasteiger partial charge in [-0.1, -0.05) is 6.92 Å². The molecule has 0 aromatic carbocycles. The third-order valence-corrected chi connectivity index (χ3v) is 3.89. The predicted octanol–water partition coefficient (Wildman–Crippen LogP) is 2.78. The number of rotatable bonds is 5. The lowest BCUT2D eigenvalue weighted by atomic mass is 10.1. The minimum absolute atomic E-state index is 0.212. The van der Waals surface area contributed by atoms with Gasteiger partial charge in [0.15, 0.2) is 0 Å². The van der Waals surface area contributed by atoms with E-state index in [4.69, 9.17) is 4.74 Å². The first kappa shape index (κ1) is 17.8. The molecule has 130 valence electrons. The molecule has 1 fully saturated rings. The Morgan fingerprint density at radius 1 is 1.48 bits per heavy atom. The van der Waals surface area contributed by atoms with Crippen LogP contribution in [-0.2, 0) is 17.8 Å². The summed E-state index contributed by atoms with van der Waals surface area (Å²) < 4.78 is 7.65. The van der Waals surface area contributed by atoms with Crippen molar-refractivity contribution in [1.29, 1.82) is 0 Å². The second-order valence-corrected chi connectivity index (χ2v) is 7.18. The molecule has 0 radical (unpaired) electrons. The largest absolute Gasteiger partial charge is 0.444 e. The maximum atomic E-state index is 12.2. The highest BCUT2D eigenvalue weighted by atomic mass is 16.6. The molecule has 1 aliphatic rings. The normalized spacial score (nSPS) is 19.0. The van der Waals surface area contributed by atoms with Crippen LogP contribution in [0.2, 0.25) is 0 Å². The molecule has 1 unspecified atom stereocenters. The molecule has 0 bridgehead atoms. The summed E-state index contributed by atoms with van der Waals surface area (Å²) in [5.41, 5.74) is -0.442. The molecule has 1 aliphatic heterocycles. The van der Waals surface area contributed by atoms with E-state index in [-0.39, 0.29) is 6.09 Å². The average Bonchev–Trinajstić information content (AvgIpc) is 2.91. The molecule has 1 saturated heterocycles. The number of nitrogens with zero attached hydrogens (tertiary/aromatic N) is 3. The minimum Gasteiger partial charge on any atom is -0.444 e. The molecule has 6 nitrogen and oxygen atoms in total. The van der Waals surface area contributed by atoms with Crippen LogP contribution in [0.5, 0.6) is 0 Å². The molecule has 0 saturated carbocycles. The van der Waals surface area contributed by atoms with Crippen molar-refractivity contribution >= 4 is 6.09 Å². The minimum atomic E-state index is -0.442. The fourth-order valence-corrected chi connectivity index (χ4v) is 2.82. The highest BCUT2D eigenvalue weighted by Crippen LogP contribution is 2.15. The quantitative estimate of drug-likeness (QED) is 0.905. The Balaban J connectivity index is 1.84. The van der Waals surface area contributed by atoms with Gasteiger partial charge in [0.1, 0.15) is 11.4 Å². The first-order valence-corrected chi connectivity index (χ1v) is 8.60. The smallest absolute Gasteiger partial charge is 0.410 e. The van der Waals surface area contributed by atoms with Crippen molar-refractivity contribution in [2.24, 2.45) is 0 Å². The summed E-state index contributed by atoms with van der Waals surface area (Å²) >= 11 is 0. The van der Waals surface area contributed by atoms with Crippen LogP contribution in [-0.4, -0.2) is 45.3 Å². The molecule has 1 N–H and O–H groups in total. The molecule has 0 spiro atoms. The number of amides is 1. The van der Waals surface area contributed by atoms with E-state index in [0.717, 1.165) is 44.7 Å². The zero-order chi connectivity index (χ0) is 16.9. The fraction of sp³-hybridized carbons (Fsp3) is 0.765. The van der Waals surface area contributed by atoms with Gasteiger partial charge in [-0.15, -0.1) is 0 Å². The van der Waals surface area contributed by atoms with Gasteiger partial charge < -0.3 is 19.5 Å². The second kappa shape index (κ2) is 7.81. The van der Waals surface area contributed by atoms with Gasteiger partial charge in [0.05, 0.1) is 6.54 Å². The standard InChI is InChI=1S/C17H30N4O2/c1-5-9-20-11-8-18-15(20)12-19-14-7-6-10-21(13-14)16(22)23-17(2,3)4/h8,11,14,19H,5-7,9-10,12-13H2,1-4H3. The number of piperidine rings is 1. The Bertz CT molecular complexity index is 507. The maximum absolute atomic E-state index is 12.2. The first-order valence-electron chi connectivity index (χ1n) is 8.60. The van der Waals surface area contributed by atoms with E-state index < -0.39 is 5.60 Å². The van der Waals surface area contributed by atoms with E-state index in [0.29, 0.717) is 12.6 Å². The molecule has 2 heterocycles. The van der Waals surface area contributed by atoms with E-state index in [9.17, 15) is 4.79 Å². The summed E-state index contributed by atoms with van der Waals surface area (Å²) in [6.07, 6.45) is 6.83. The Labute approximate surface area is 139 Å². The van der Waals surface area contributed by atoms with Crippen molar-refractivity contribution in [2.75, 3.05) is 13.1 Å². The fourth-order valence-electron chi connectivity index (χ4n) is 2.82. The molecular weight excluding hydrogens is 292 g/mol. The van der Waals surface area contributed by atoms with E-state index in [2.05, 4.69) is 21.8 Å². The number of carbonyl (C=O) groups is 1. The van der Waals surface area contributed by atoms with Crippen LogP contribution in [0, 0.1) is 0 Å².